The second-order valence-electron chi connectivity index (χ2n) is 2.35. The number of alkyl halides is 1. The summed E-state index contributed by atoms with van der Waals surface area (Å²) in [7, 11) is 0. The summed E-state index contributed by atoms with van der Waals surface area (Å²) < 4.78 is 17.6. The van der Waals surface area contributed by atoms with Crippen LogP contribution in [-0.4, -0.2) is 23.1 Å². The number of hydrogen-bond acceptors (Lipinski definition) is 4. The summed E-state index contributed by atoms with van der Waals surface area (Å²) in [5.41, 5.74) is -1.70. The van der Waals surface area contributed by atoms with E-state index in [0.29, 0.717) is 5.03 Å². The average molecular weight is 215 g/mol. The fourth-order valence-corrected chi connectivity index (χ4v) is 1.43. The molecular formula is C9H10FNO2S. The topological polar surface area (TPSA) is 39.2 Å². The van der Waals surface area contributed by atoms with E-state index in [1.807, 2.05) is 0 Å². The van der Waals surface area contributed by atoms with Crippen LogP contribution in [-0.2, 0) is 9.53 Å². The monoisotopic (exact) mass is 215 g/mol. The number of nitrogens with zero attached hydrogens (tertiary/aromatic N) is 1. The summed E-state index contributed by atoms with van der Waals surface area (Å²) in [4.78, 5) is 14.8. The van der Waals surface area contributed by atoms with Crippen LogP contribution in [0.25, 0.3) is 0 Å². The standard InChI is InChI=1S/C9H10FNO2S/c1-2-13-9(12)8(10)14-7-5-3-4-6-11-7/h3-6,8H,2H2,1H3. The van der Waals surface area contributed by atoms with Crippen molar-refractivity contribution in [3.8, 4) is 0 Å². The molecule has 0 aromatic carbocycles. The Bertz CT molecular complexity index is 294. The number of carbonyl (C=O) groups is 1. The van der Waals surface area contributed by atoms with Gasteiger partial charge in [-0.25, -0.2) is 14.2 Å². The summed E-state index contributed by atoms with van der Waals surface area (Å²) in [6, 6.07) is 5.09. The number of aromatic nitrogens is 1. The molecule has 0 amide bonds. The van der Waals surface area contributed by atoms with E-state index in [1.165, 1.54) is 0 Å². The molecular weight excluding hydrogens is 205 g/mol. The van der Waals surface area contributed by atoms with E-state index in [9.17, 15) is 9.18 Å². The number of rotatable bonds is 4. The number of halogens is 1. The van der Waals surface area contributed by atoms with Gasteiger partial charge in [-0.3, -0.25) is 0 Å². The van der Waals surface area contributed by atoms with Crippen LogP contribution in [0, 0.1) is 0 Å². The lowest BCUT2D eigenvalue weighted by Crippen LogP contribution is -2.15. The zero-order valence-corrected chi connectivity index (χ0v) is 8.46. The molecule has 14 heavy (non-hydrogen) atoms. The Kier molecular flexibility index (Phi) is 4.39. The molecule has 5 heteroatoms. The third-order valence-corrected chi connectivity index (χ3v) is 2.22. The van der Waals surface area contributed by atoms with E-state index >= 15 is 0 Å². The van der Waals surface area contributed by atoms with Crippen LogP contribution in [0.4, 0.5) is 4.39 Å². The Balaban J connectivity index is 2.49. The highest BCUT2D eigenvalue weighted by Gasteiger charge is 2.20. The Morgan fingerprint density at radius 1 is 1.71 bits per heavy atom. The van der Waals surface area contributed by atoms with Gasteiger partial charge in [0.15, 0.2) is 0 Å². The minimum atomic E-state index is -1.70. The maximum Gasteiger partial charge on any atom is 0.351 e. The van der Waals surface area contributed by atoms with Crippen molar-refractivity contribution in [3.05, 3.63) is 24.4 Å². The van der Waals surface area contributed by atoms with E-state index < -0.39 is 11.5 Å². The lowest BCUT2D eigenvalue weighted by molar-refractivity contribution is -0.145. The summed E-state index contributed by atoms with van der Waals surface area (Å²) in [5.74, 6) is -0.858. The molecule has 1 aromatic heterocycles. The Labute approximate surface area is 85.7 Å². The van der Waals surface area contributed by atoms with Gasteiger partial charge in [0, 0.05) is 6.20 Å². The molecule has 0 aliphatic carbocycles. The van der Waals surface area contributed by atoms with Gasteiger partial charge in [0.2, 0.25) is 5.50 Å². The van der Waals surface area contributed by atoms with Crippen molar-refractivity contribution >= 4 is 17.7 Å². The van der Waals surface area contributed by atoms with Gasteiger partial charge < -0.3 is 4.74 Å². The lowest BCUT2D eigenvalue weighted by Gasteiger charge is -2.05. The molecule has 0 aliphatic rings. The van der Waals surface area contributed by atoms with Crippen molar-refractivity contribution in [3.63, 3.8) is 0 Å². The van der Waals surface area contributed by atoms with Gasteiger partial charge in [0.1, 0.15) is 0 Å². The molecule has 0 N–H and O–H groups in total. The molecule has 1 heterocycles. The zero-order chi connectivity index (χ0) is 10.4. The molecule has 3 nitrogen and oxygen atoms in total. The normalized spacial score (nSPS) is 12.1. The molecule has 0 saturated carbocycles. The van der Waals surface area contributed by atoms with Crippen molar-refractivity contribution in [1.82, 2.24) is 4.98 Å². The van der Waals surface area contributed by atoms with Crippen LogP contribution < -0.4 is 0 Å². The van der Waals surface area contributed by atoms with Gasteiger partial charge in [-0.15, -0.1) is 0 Å². The van der Waals surface area contributed by atoms with Crippen LogP contribution in [0.2, 0.25) is 0 Å². The van der Waals surface area contributed by atoms with Gasteiger partial charge in [0.05, 0.1) is 11.6 Å². The molecule has 0 spiro atoms. The number of ether oxygens (including phenoxy) is 1. The van der Waals surface area contributed by atoms with Gasteiger partial charge >= 0.3 is 5.97 Å². The highest BCUT2D eigenvalue weighted by Crippen LogP contribution is 2.22. The van der Waals surface area contributed by atoms with E-state index in [2.05, 4.69) is 9.72 Å². The van der Waals surface area contributed by atoms with E-state index in [4.69, 9.17) is 0 Å². The van der Waals surface area contributed by atoms with Crippen molar-refractivity contribution in [1.29, 1.82) is 0 Å². The summed E-state index contributed by atoms with van der Waals surface area (Å²) in [6.07, 6.45) is 1.54. The van der Waals surface area contributed by atoms with Crippen LogP contribution in [0.5, 0.6) is 0 Å². The van der Waals surface area contributed by atoms with Gasteiger partial charge in [-0.05, 0) is 19.1 Å². The lowest BCUT2D eigenvalue weighted by atomic mass is 10.5. The number of carbonyl (C=O) groups excluding carboxylic acids is 1. The molecule has 76 valence electrons. The van der Waals surface area contributed by atoms with Gasteiger partial charge in [-0.2, -0.15) is 0 Å². The number of thioether (sulfide) groups is 1. The highest BCUT2D eigenvalue weighted by molar-refractivity contribution is 8.00. The molecule has 0 radical (unpaired) electrons. The summed E-state index contributed by atoms with van der Waals surface area (Å²) in [6.45, 7) is 1.82. The average Bonchev–Trinajstić information content (AvgIpc) is 2.19. The summed E-state index contributed by atoms with van der Waals surface area (Å²) in [5, 5.41) is 0.466. The molecule has 0 bridgehead atoms. The quantitative estimate of drug-likeness (QED) is 0.569. The number of esters is 1. The molecule has 0 aliphatic heterocycles. The Hall–Kier alpha value is -1.10. The second-order valence-corrected chi connectivity index (χ2v) is 3.42. The molecule has 0 saturated heterocycles. The zero-order valence-electron chi connectivity index (χ0n) is 7.64. The minimum Gasteiger partial charge on any atom is -0.463 e. The Morgan fingerprint density at radius 3 is 3.07 bits per heavy atom. The molecule has 1 rings (SSSR count). The fourth-order valence-electron chi connectivity index (χ4n) is 0.779. The molecule has 0 fully saturated rings. The van der Waals surface area contributed by atoms with E-state index in [0.717, 1.165) is 11.8 Å². The van der Waals surface area contributed by atoms with Gasteiger partial charge in [-0.1, -0.05) is 17.8 Å². The number of hydrogen-bond donors (Lipinski definition) is 0. The predicted octanol–water partition coefficient (Wildman–Crippen LogP) is 2.03. The summed E-state index contributed by atoms with van der Waals surface area (Å²) >= 11 is 0.739. The van der Waals surface area contributed by atoms with Crippen molar-refractivity contribution < 1.29 is 13.9 Å². The first-order chi connectivity index (χ1) is 6.74. The second kappa shape index (κ2) is 5.59. The van der Waals surface area contributed by atoms with Crippen molar-refractivity contribution in [2.24, 2.45) is 0 Å². The van der Waals surface area contributed by atoms with Crippen LogP contribution >= 0.6 is 11.8 Å². The smallest absolute Gasteiger partial charge is 0.351 e. The van der Waals surface area contributed by atoms with Crippen LogP contribution in [0.15, 0.2) is 29.4 Å². The van der Waals surface area contributed by atoms with Gasteiger partial charge in [0.25, 0.3) is 0 Å². The highest BCUT2D eigenvalue weighted by atomic mass is 32.2. The molecule has 1 aromatic rings. The third-order valence-electron chi connectivity index (χ3n) is 1.33. The Morgan fingerprint density at radius 2 is 2.50 bits per heavy atom. The first-order valence-corrected chi connectivity index (χ1v) is 5.00. The van der Waals surface area contributed by atoms with Crippen LogP contribution in [0.3, 0.4) is 0 Å². The van der Waals surface area contributed by atoms with Crippen molar-refractivity contribution in [2.45, 2.75) is 17.5 Å². The fraction of sp³-hybridized carbons (Fsp3) is 0.333. The predicted molar refractivity (Wildman–Crippen MR) is 51.6 cm³/mol. The molecule has 1 atom stereocenters. The molecule has 1 unspecified atom stereocenters. The first-order valence-electron chi connectivity index (χ1n) is 4.12. The number of pyridine rings is 1. The van der Waals surface area contributed by atoms with Crippen molar-refractivity contribution in [2.75, 3.05) is 6.61 Å². The van der Waals surface area contributed by atoms with Crippen LogP contribution in [0.1, 0.15) is 6.92 Å². The largest absolute Gasteiger partial charge is 0.463 e. The van der Waals surface area contributed by atoms with E-state index in [1.54, 1.807) is 31.3 Å². The third kappa shape index (κ3) is 3.33. The van der Waals surface area contributed by atoms with E-state index in [-0.39, 0.29) is 6.61 Å². The first kappa shape index (κ1) is 11.0. The SMILES string of the molecule is CCOC(=O)C(F)Sc1ccccn1. The maximum absolute atomic E-state index is 13.1. The maximum atomic E-state index is 13.1. The minimum absolute atomic E-state index is 0.183.